The molecule has 75 valence electrons. The van der Waals surface area contributed by atoms with E-state index in [0.29, 0.717) is 0 Å². The lowest BCUT2D eigenvalue weighted by molar-refractivity contribution is -0.117. The fraction of sp³-hybridized carbons (Fsp3) is 0.889. The molecule has 13 heavy (non-hydrogen) atoms. The van der Waals surface area contributed by atoms with Crippen molar-refractivity contribution < 1.29 is 8.98 Å². The first-order valence-corrected chi connectivity index (χ1v) is 6.32. The molecule has 0 spiro atoms. The van der Waals surface area contributed by atoms with E-state index in [4.69, 9.17) is 4.18 Å². The molecule has 0 heterocycles. The van der Waals surface area contributed by atoms with Gasteiger partial charge in [-0.05, 0) is 18.5 Å². The molecule has 2 nitrogen and oxygen atoms in total. The van der Waals surface area contributed by atoms with Crippen molar-refractivity contribution in [1.82, 2.24) is 0 Å². The van der Waals surface area contributed by atoms with Gasteiger partial charge in [0.05, 0.1) is 0 Å². The van der Waals surface area contributed by atoms with Gasteiger partial charge in [0.2, 0.25) is 0 Å². The van der Waals surface area contributed by atoms with Crippen molar-refractivity contribution in [1.29, 1.82) is 0 Å². The highest BCUT2D eigenvalue weighted by molar-refractivity contribution is 7.93. The standard InChI is InChI=1S/C9H17O2SSi/c1-3-4-5-6-7-8(9(10)13)11-12-2/h8H,3-7H2,1-2H3. The van der Waals surface area contributed by atoms with E-state index in [9.17, 15) is 4.79 Å². The molecule has 0 aromatic heterocycles. The van der Waals surface area contributed by atoms with Crippen LogP contribution in [0.2, 0.25) is 0 Å². The third-order valence-corrected chi connectivity index (χ3v) is 2.57. The van der Waals surface area contributed by atoms with Crippen LogP contribution < -0.4 is 0 Å². The second-order valence-electron chi connectivity index (χ2n) is 2.97. The Labute approximate surface area is 88.4 Å². The molecule has 0 bridgehead atoms. The summed E-state index contributed by atoms with van der Waals surface area (Å²) >= 11 is 1.25. The Morgan fingerprint density at radius 3 is 2.62 bits per heavy atom. The average Bonchev–Trinajstić information content (AvgIpc) is 2.10. The molecule has 0 N–H and O–H groups in total. The maximum Gasteiger partial charge on any atom is 0.133 e. The second-order valence-corrected chi connectivity index (χ2v) is 3.98. The van der Waals surface area contributed by atoms with Gasteiger partial charge >= 0.3 is 0 Å². The van der Waals surface area contributed by atoms with Crippen LogP contribution in [0.15, 0.2) is 0 Å². The first-order valence-electron chi connectivity index (χ1n) is 4.67. The fourth-order valence-electron chi connectivity index (χ4n) is 1.10. The lowest BCUT2D eigenvalue weighted by Crippen LogP contribution is -2.21. The zero-order chi connectivity index (χ0) is 10.1. The summed E-state index contributed by atoms with van der Waals surface area (Å²) < 4.78 is 5.20. The van der Waals surface area contributed by atoms with Crippen LogP contribution in [0.1, 0.15) is 39.0 Å². The summed E-state index contributed by atoms with van der Waals surface area (Å²) in [6.07, 6.45) is 7.08. The number of carbonyl (C=O) groups is 1. The third kappa shape index (κ3) is 7.28. The van der Waals surface area contributed by atoms with E-state index in [2.05, 4.69) is 17.2 Å². The van der Waals surface area contributed by atoms with Crippen molar-refractivity contribution in [3.8, 4) is 0 Å². The van der Waals surface area contributed by atoms with E-state index in [1.54, 1.807) is 0 Å². The third-order valence-electron chi connectivity index (χ3n) is 1.82. The fourth-order valence-corrected chi connectivity index (χ4v) is 1.80. The molecule has 0 saturated heterocycles. The van der Waals surface area contributed by atoms with Crippen LogP contribution in [-0.4, -0.2) is 28.0 Å². The summed E-state index contributed by atoms with van der Waals surface area (Å²) in [5.41, 5.74) is 0. The molecular formula is C9H17O2SSi. The largest absolute Gasteiger partial charge is 0.305 e. The minimum Gasteiger partial charge on any atom is -0.305 e. The first kappa shape index (κ1) is 13.2. The monoisotopic (exact) mass is 217 g/mol. The minimum absolute atomic E-state index is 0.0501. The van der Waals surface area contributed by atoms with Gasteiger partial charge in [-0.3, -0.25) is 0 Å². The van der Waals surface area contributed by atoms with E-state index in [0.717, 1.165) is 12.8 Å². The van der Waals surface area contributed by atoms with Gasteiger partial charge in [0.1, 0.15) is 21.8 Å². The molecule has 0 rings (SSSR count). The second kappa shape index (κ2) is 8.78. The van der Waals surface area contributed by atoms with Gasteiger partial charge in [-0.25, -0.2) is 0 Å². The van der Waals surface area contributed by atoms with Crippen LogP contribution in [0, 0.1) is 0 Å². The molecule has 0 aliphatic carbocycles. The molecule has 1 unspecified atom stereocenters. The van der Waals surface area contributed by atoms with E-state index >= 15 is 0 Å². The maximum absolute atomic E-state index is 11.0. The van der Waals surface area contributed by atoms with Crippen molar-refractivity contribution in [2.45, 2.75) is 45.1 Å². The zero-order valence-corrected chi connectivity index (χ0v) is 10.2. The summed E-state index contributed by atoms with van der Waals surface area (Å²) in [6.45, 7) is 2.17. The predicted octanol–water partition coefficient (Wildman–Crippen LogP) is 2.32. The van der Waals surface area contributed by atoms with Crippen molar-refractivity contribution in [3.05, 3.63) is 0 Å². The average molecular weight is 217 g/mol. The van der Waals surface area contributed by atoms with Crippen LogP contribution in [0.25, 0.3) is 0 Å². The van der Waals surface area contributed by atoms with Crippen LogP contribution in [0.3, 0.4) is 0 Å². The summed E-state index contributed by atoms with van der Waals surface area (Å²) in [6, 6.07) is 0. The van der Waals surface area contributed by atoms with Gasteiger partial charge in [0.15, 0.2) is 0 Å². The Morgan fingerprint density at radius 2 is 2.15 bits per heavy atom. The van der Waals surface area contributed by atoms with Gasteiger partial charge in [-0.2, -0.15) is 0 Å². The summed E-state index contributed by atoms with van der Waals surface area (Å²) in [4.78, 5) is 11.0. The van der Waals surface area contributed by atoms with Crippen molar-refractivity contribution in [2.75, 3.05) is 6.26 Å². The number of unbranched alkanes of at least 4 members (excludes halogenated alkanes) is 3. The molecule has 0 aliphatic heterocycles. The van der Waals surface area contributed by atoms with E-state index < -0.39 is 0 Å². The van der Waals surface area contributed by atoms with Gasteiger partial charge in [0.25, 0.3) is 0 Å². The highest BCUT2D eigenvalue weighted by atomic mass is 32.2. The molecule has 0 amide bonds. The van der Waals surface area contributed by atoms with E-state index in [1.807, 2.05) is 6.26 Å². The molecule has 0 saturated carbocycles. The molecule has 0 aromatic carbocycles. The SMILES string of the molecule is CCCCCCC(OSC)C(=O)[Si]. The highest BCUT2D eigenvalue weighted by Crippen LogP contribution is 2.12. The lowest BCUT2D eigenvalue weighted by atomic mass is 10.1. The smallest absolute Gasteiger partial charge is 0.133 e. The normalized spacial score (nSPS) is 12.8. The van der Waals surface area contributed by atoms with Crippen LogP contribution in [0.5, 0.6) is 0 Å². The van der Waals surface area contributed by atoms with E-state index in [-0.39, 0.29) is 11.5 Å². The lowest BCUT2D eigenvalue weighted by Gasteiger charge is -2.11. The summed E-state index contributed by atoms with van der Waals surface area (Å²) in [5.74, 6) is 0. The van der Waals surface area contributed by atoms with Crippen LogP contribution in [0.4, 0.5) is 0 Å². The molecule has 0 fully saturated rings. The Bertz CT molecular complexity index is 142. The highest BCUT2D eigenvalue weighted by Gasteiger charge is 2.13. The van der Waals surface area contributed by atoms with Crippen molar-refractivity contribution >= 4 is 27.7 Å². The molecular weight excluding hydrogens is 200 g/mol. The molecule has 3 radical (unpaired) electrons. The molecule has 1 atom stereocenters. The van der Waals surface area contributed by atoms with Gasteiger partial charge in [-0.1, -0.05) is 32.6 Å². The Balaban J connectivity index is 3.51. The number of hydrogen-bond donors (Lipinski definition) is 0. The Kier molecular flexibility index (Phi) is 8.91. The topological polar surface area (TPSA) is 26.3 Å². The van der Waals surface area contributed by atoms with Gasteiger partial charge < -0.3 is 8.98 Å². The summed E-state index contributed by atoms with van der Waals surface area (Å²) in [5, 5.41) is -0.0501. The van der Waals surface area contributed by atoms with Crippen LogP contribution in [-0.2, 0) is 8.98 Å². The first-order chi connectivity index (χ1) is 6.22. The predicted molar refractivity (Wildman–Crippen MR) is 57.9 cm³/mol. The molecule has 0 aromatic rings. The van der Waals surface area contributed by atoms with Gasteiger partial charge in [0, 0.05) is 6.26 Å². The van der Waals surface area contributed by atoms with Crippen LogP contribution >= 0.6 is 12.0 Å². The minimum atomic E-state index is -0.275. The Morgan fingerprint density at radius 1 is 1.46 bits per heavy atom. The van der Waals surface area contributed by atoms with Crippen molar-refractivity contribution in [2.24, 2.45) is 0 Å². The maximum atomic E-state index is 11.0. The Hall–Kier alpha value is 0.197. The number of carbonyl (C=O) groups excluding carboxylic acids is 1. The zero-order valence-electron chi connectivity index (χ0n) is 8.34. The molecule has 0 aliphatic rings. The van der Waals surface area contributed by atoms with Gasteiger partial charge in [-0.15, -0.1) is 0 Å². The summed E-state index contributed by atoms with van der Waals surface area (Å²) in [7, 11) is 2.98. The number of rotatable bonds is 8. The van der Waals surface area contributed by atoms with Crippen molar-refractivity contribution in [3.63, 3.8) is 0 Å². The quantitative estimate of drug-likeness (QED) is 0.354. The molecule has 4 heteroatoms. The number of hydrogen-bond acceptors (Lipinski definition) is 3. The van der Waals surface area contributed by atoms with E-state index in [1.165, 1.54) is 31.3 Å².